The molecule has 0 aliphatic carbocycles. The van der Waals surface area contributed by atoms with Crippen LogP contribution in [0.2, 0.25) is 0 Å². The molecule has 2 aromatic rings. The molecule has 0 aromatic heterocycles. The highest BCUT2D eigenvalue weighted by molar-refractivity contribution is 5.79. The fourth-order valence-corrected chi connectivity index (χ4v) is 3.64. The number of carbonyl (C=O) groups excluding carboxylic acids is 1. The molecule has 1 aliphatic rings. The van der Waals surface area contributed by atoms with Crippen LogP contribution in [0.3, 0.4) is 0 Å². The fraction of sp³-hybridized carbons (Fsp3) is 0.435. The van der Waals surface area contributed by atoms with Crippen molar-refractivity contribution in [1.82, 2.24) is 9.80 Å². The molecule has 1 aliphatic heterocycles. The third-order valence-corrected chi connectivity index (χ3v) is 5.34. The summed E-state index contributed by atoms with van der Waals surface area (Å²) in [5.41, 5.74) is 2.14. The summed E-state index contributed by atoms with van der Waals surface area (Å²) in [6, 6.07) is 13.8. The zero-order valence-electron chi connectivity index (χ0n) is 17.5. The van der Waals surface area contributed by atoms with Crippen LogP contribution in [0.1, 0.15) is 17.5 Å². The van der Waals surface area contributed by atoms with Gasteiger partial charge in [-0.1, -0.05) is 18.2 Å². The van der Waals surface area contributed by atoms with Gasteiger partial charge in [0, 0.05) is 44.4 Å². The number of hydrogen-bond acceptors (Lipinski definition) is 5. The number of nitrogens with zero attached hydrogens (tertiary/aromatic N) is 2. The highest BCUT2D eigenvalue weighted by Crippen LogP contribution is 2.25. The first-order chi connectivity index (χ1) is 14.1. The van der Waals surface area contributed by atoms with Crippen molar-refractivity contribution in [3.05, 3.63) is 53.6 Å². The number of hydrogen-bond donors (Lipinski definition) is 0. The molecule has 29 heavy (non-hydrogen) atoms. The van der Waals surface area contributed by atoms with Crippen LogP contribution in [-0.4, -0.2) is 63.2 Å². The van der Waals surface area contributed by atoms with E-state index >= 15 is 0 Å². The quantitative estimate of drug-likeness (QED) is 0.718. The van der Waals surface area contributed by atoms with Crippen molar-refractivity contribution in [3.8, 4) is 17.2 Å². The maximum absolute atomic E-state index is 12.9. The summed E-state index contributed by atoms with van der Waals surface area (Å²) in [6.07, 6.45) is 1.31. The Hall–Kier alpha value is -2.73. The topological polar surface area (TPSA) is 51.2 Å². The van der Waals surface area contributed by atoms with E-state index in [1.807, 2.05) is 35.2 Å². The molecule has 0 unspecified atom stereocenters. The van der Waals surface area contributed by atoms with Gasteiger partial charge in [0.1, 0.15) is 17.2 Å². The number of benzene rings is 2. The molecule has 1 amide bonds. The van der Waals surface area contributed by atoms with E-state index in [0.29, 0.717) is 12.2 Å². The highest BCUT2D eigenvalue weighted by atomic mass is 16.5. The van der Waals surface area contributed by atoms with Crippen LogP contribution in [0.5, 0.6) is 17.2 Å². The lowest BCUT2D eigenvalue weighted by Gasteiger charge is -2.22. The Morgan fingerprint density at radius 3 is 2.28 bits per heavy atom. The van der Waals surface area contributed by atoms with Crippen molar-refractivity contribution >= 4 is 5.91 Å². The average molecular weight is 399 g/mol. The van der Waals surface area contributed by atoms with Crippen LogP contribution < -0.4 is 14.2 Å². The highest BCUT2D eigenvalue weighted by Gasteiger charge is 2.20. The van der Waals surface area contributed by atoms with Crippen molar-refractivity contribution < 1.29 is 19.0 Å². The minimum absolute atomic E-state index is 0.139. The van der Waals surface area contributed by atoms with Gasteiger partial charge < -0.3 is 19.1 Å². The molecule has 1 saturated heterocycles. The number of ether oxygens (including phenoxy) is 3. The number of carbonyl (C=O) groups is 1. The van der Waals surface area contributed by atoms with Crippen LogP contribution in [0, 0.1) is 0 Å². The maximum Gasteiger partial charge on any atom is 0.227 e. The van der Waals surface area contributed by atoms with Gasteiger partial charge in [0.2, 0.25) is 5.91 Å². The fourth-order valence-electron chi connectivity index (χ4n) is 3.64. The third kappa shape index (κ3) is 5.64. The number of rotatable bonds is 7. The van der Waals surface area contributed by atoms with E-state index < -0.39 is 0 Å². The molecule has 0 bridgehead atoms. The first-order valence-corrected chi connectivity index (χ1v) is 9.97. The molecular weight excluding hydrogens is 368 g/mol. The lowest BCUT2D eigenvalue weighted by molar-refractivity contribution is -0.130. The molecule has 6 heteroatoms. The molecule has 2 aromatic carbocycles. The molecule has 0 radical (unpaired) electrons. The van der Waals surface area contributed by atoms with Crippen molar-refractivity contribution in [3.63, 3.8) is 0 Å². The minimum atomic E-state index is 0.139. The first-order valence-electron chi connectivity index (χ1n) is 9.97. The zero-order chi connectivity index (χ0) is 20.6. The molecule has 6 nitrogen and oxygen atoms in total. The van der Waals surface area contributed by atoms with E-state index in [-0.39, 0.29) is 5.91 Å². The second-order valence-electron chi connectivity index (χ2n) is 7.21. The van der Waals surface area contributed by atoms with E-state index in [2.05, 4.69) is 17.0 Å². The van der Waals surface area contributed by atoms with E-state index in [4.69, 9.17) is 14.2 Å². The molecule has 1 heterocycles. The second-order valence-corrected chi connectivity index (χ2v) is 7.21. The Kier molecular flexibility index (Phi) is 7.36. The van der Waals surface area contributed by atoms with Crippen LogP contribution in [0.15, 0.2) is 42.5 Å². The van der Waals surface area contributed by atoms with Crippen LogP contribution in [0.4, 0.5) is 0 Å². The molecule has 0 saturated carbocycles. The Morgan fingerprint density at radius 2 is 1.59 bits per heavy atom. The first kappa shape index (κ1) is 21.0. The summed E-state index contributed by atoms with van der Waals surface area (Å²) < 4.78 is 15.9. The summed E-state index contributed by atoms with van der Waals surface area (Å²) in [6.45, 7) is 4.28. The van der Waals surface area contributed by atoms with Gasteiger partial charge in [-0.15, -0.1) is 0 Å². The van der Waals surface area contributed by atoms with Gasteiger partial charge in [0.25, 0.3) is 0 Å². The van der Waals surface area contributed by atoms with Crippen molar-refractivity contribution in [2.75, 3.05) is 47.5 Å². The maximum atomic E-state index is 12.9. The van der Waals surface area contributed by atoms with E-state index in [1.165, 1.54) is 5.56 Å². The van der Waals surface area contributed by atoms with Crippen LogP contribution >= 0.6 is 0 Å². The van der Waals surface area contributed by atoms with Gasteiger partial charge in [-0.3, -0.25) is 9.69 Å². The molecular formula is C23H30N2O4. The van der Waals surface area contributed by atoms with Crippen molar-refractivity contribution in [1.29, 1.82) is 0 Å². The molecule has 156 valence electrons. The van der Waals surface area contributed by atoms with Gasteiger partial charge >= 0.3 is 0 Å². The molecule has 0 spiro atoms. The monoisotopic (exact) mass is 398 g/mol. The predicted molar refractivity (Wildman–Crippen MR) is 113 cm³/mol. The summed E-state index contributed by atoms with van der Waals surface area (Å²) in [5.74, 6) is 2.42. The standard InChI is InChI=1S/C23H30N2O4/c1-27-20-8-5-18(6-9-20)17-24-11-4-12-25(14-13-24)23(26)15-19-7-10-21(28-2)16-22(19)29-3/h5-10,16H,4,11-15,17H2,1-3H3. The van der Waals surface area contributed by atoms with Crippen molar-refractivity contribution in [2.45, 2.75) is 19.4 Å². The van der Waals surface area contributed by atoms with E-state index in [9.17, 15) is 4.79 Å². The van der Waals surface area contributed by atoms with E-state index in [0.717, 1.165) is 56.2 Å². The third-order valence-electron chi connectivity index (χ3n) is 5.34. The van der Waals surface area contributed by atoms with Crippen LogP contribution in [-0.2, 0) is 17.8 Å². The van der Waals surface area contributed by atoms with Gasteiger partial charge in [0.05, 0.1) is 27.8 Å². The summed E-state index contributed by atoms with van der Waals surface area (Å²) in [7, 11) is 4.91. The summed E-state index contributed by atoms with van der Waals surface area (Å²) in [4.78, 5) is 17.3. The smallest absolute Gasteiger partial charge is 0.227 e. The average Bonchev–Trinajstić information content (AvgIpc) is 3.00. The SMILES string of the molecule is COc1ccc(CN2CCCN(C(=O)Cc3ccc(OC)cc3OC)CC2)cc1. The van der Waals surface area contributed by atoms with Gasteiger partial charge in [-0.25, -0.2) is 0 Å². The number of amides is 1. The Labute approximate surface area is 173 Å². The van der Waals surface area contributed by atoms with Gasteiger partial charge in [-0.2, -0.15) is 0 Å². The van der Waals surface area contributed by atoms with Crippen LogP contribution in [0.25, 0.3) is 0 Å². The summed E-state index contributed by atoms with van der Waals surface area (Å²) >= 11 is 0. The largest absolute Gasteiger partial charge is 0.497 e. The predicted octanol–water partition coefficient (Wildman–Crippen LogP) is 2.99. The molecule has 3 rings (SSSR count). The second kappa shape index (κ2) is 10.2. The lowest BCUT2D eigenvalue weighted by atomic mass is 10.1. The normalized spacial score (nSPS) is 14.9. The molecule has 0 N–H and O–H groups in total. The Morgan fingerprint density at radius 1 is 0.862 bits per heavy atom. The number of methoxy groups -OCH3 is 3. The lowest BCUT2D eigenvalue weighted by Crippen LogP contribution is -2.36. The summed E-state index contributed by atoms with van der Waals surface area (Å²) in [5, 5.41) is 0. The molecule has 0 atom stereocenters. The van der Waals surface area contributed by atoms with Crippen molar-refractivity contribution in [2.24, 2.45) is 0 Å². The zero-order valence-corrected chi connectivity index (χ0v) is 17.5. The molecule has 1 fully saturated rings. The van der Waals surface area contributed by atoms with Gasteiger partial charge in [-0.05, 0) is 30.2 Å². The Bertz CT molecular complexity index is 807. The Balaban J connectivity index is 1.56. The van der Waals surface area contributed by atoms with E-state index in [1.54, 1.807) is 21.3 Å². The van der Waals surface area contributed by atoms with Gasteiger partial charge in [0.15, 0.2) is 0 Å². The minimum Gasteiger partial charge on any atom is -0.497 e.